The van der Waals surface area contributed by atoms with Crippen molar-refractivity contribution in [3.05, 3.63) is 95.8 Å². The molecule has 0 fully saturated rings. The summed E-state index contributed by atoms with van der Waals surface area (Å²) in [5.41, 5.74) is 2.28. The first-order chi connectivity index (χ1) is 12.7. The van der Waals surface area contributed by atoms with Gasteiger partial charge in [-0.15, -0.1) is 0 Å². The molecule has 4 aromatic rings. The van der Waals surface area contributed by atoms with Gasteiger partial charge in [0.25, 0.3) is 5.91 Å². The van der Waals surface area contributed by atoms with Crippen molar-refractivity contribution in [2.75, 3.05) is 4.90 Å². The van der Waals surface area contributed by atoms with E-state index in [1.807, 2.05) is 48.5 Å². The molecule has 0 unspecified atom stereocenters. The van der Waals surface area contributed by atoms with E-state index in [0.717, 1.165) is 10.3 Å². The average molecular weight is 362 g/mol. The Kier molecular flexibility index (Phi) is 4.46. The predicted molar refractivity (Wildman–Crippen MR) is 103 cm³/mol. The molecule has 3 aromatic carbocycles. The van der Waals surface area contributed by atoms with Crippen molar-refractivity contribution < 1.29 is 9.18 Å². The second-order valence-electron chi connectivity index (χ2n) is 5.85. The SMILES string of the molecule is O=C(c1ccccc1)N(Cc1ccccc1)c1nc2ccc(F)cc2s1. The highest BCUT2D eigenvalue weighted by Crippen LogP contribution is 2.31. The van der Waals surface area contributed by atoms with Crippen LogP contribution in [0.3, 0.4) is 0 Å². The smallest absolute Gasteiger partial charge is 0.260 e. The summed E-state index contributed by atoms with van der Waals surface area (Å²) in [5.74, 6) is -0.439. The van der Waals surface area contributed by atoms with Crippen molar-refractivity contribution >= 4 is 32.6 Å². The Morgan fingerprint density at radius 2 is 1.65 bits per heavy atom. The topological polar surface area (TPSA) is 33.2 Å². The minimum absolute atomic E-state index is 0.131. The number of rotatable bonds is 4. The number of nitrogens with zero attached hydrogens (tertiary/aromatic N) is 2. The fourth-order valence-electron chi connectivity index (χ4n) is 2.73. The van der Waals surface area contributed by atoms with Crippen molar-refractivity contribution in [3.8, 4) is 0 Å². The van der Waals surface area contributed by atoms with Crippen LogP contribution in [-0.2, 0) is 6.54 Å². The summed E-state index contributed by atoms with van der Waals surface area (Å²) < 4.78 is 14.2. The zero-order valence-electron chi connectivity index (χ0n) is 13.8. The minimum atomic E-state index is -0.309. The molecule has 0 radical (unpaired) electrons. The summed E-state index contributed by atoms with van der Waals surface area (Å²) in [4.78, 5) is 19.3. The molecule has 26 heavy (non-hydrogen) atoms. The molecule has 0 bridgehead atoms. The molecule has 5 heteroatoms. The maximum Gasteiger partial charge on any atom is 0.260 e. The molecule has 0 saturated heterocycles. The van der Waals surface area contributed by atoms with Crippen LogP contribution in [0.2, 0.25) is 0 Å². The lowest BCUT2D eigenvalue weighted by molar-refractivity contribution is 0.0985. The Labute approximate surface area is 154 Å². The highest BCUT2D eigenvalue weighted by molar-refractivity contribution is 7.22. The second-order valence-corrected chi connectivity index (χ2v) is 6.86. The third kappa shape index (κ3) is 3.34. The standard InChI is InChI=1S/C21H15FN2OS/c22-17-11-12-18-19(13-17)26-21(23-18)24(14-15-7-3-1-4-8-15)20(25)16-9-5-2-6-10-16/h1-13H,14H2. The van der Waals surface area contributed by atoms with E-state index in [4.69, 9.17) is 0 Å². The third-order valence-electron chi connectivity index (χ3n) is 4.02. The van der Waals surface area contributed by atoms with Gasteiger partial charge in [0.1, 0.15) is 5.82 Å². The molecule has 3 nitrogen and oxygen atoms in total. The fraction of sp³-hybridized carbons (Fsp3) is 0.0476. The van der Waals surface area contributed by atoms with Crippen LogP contribution in [0.4, 0.5) is 9.52 Å². The molecule has 0 spiro atoms. The lowest BCUT2D eigenvalue weighted by Crippen LogP contribution is -2.30. The van der Waals surface area contributed by atoms with Gasteiger partial charge in [-0.2, -0.15) is 0 Å². The number of fused-ring (bicyclic) bond motifs is 1. The summed E-state index contributed by atoms with van der Waals surface area (Å²) in [7, 11) is 0. The predicted octanol–water partition coefficient (Wildman–Crippen LogP) is 5.28. The van der Waals surface area contributed by atoms with Crippen molar-refractivity contribution in [1.29, 1.82) is 0 Å². The van der Waals surface area contributed by atoms with E-state index in [1.54, 1.807) is 23.1 Å². The molecule has 0 aliphatic carbocycles. The number of hydrogen-bond donors (Lipinski definition) is 0. The molecule has 128 valence electrons. The normalized spacial score (nSPS) is 10.8. The molecule has 0 N–H and O–H groups in total. The van der Waals surface area contributed by atoms with E-state index in [9.17, 15) is 9.18 Å². The largest absolute Gasteiger partial charge is 0.279 e. The lowest BCUT2D eigenvalue weighted by atomic mass is 10.1. The van der Waals surface area contributed by atoms with Gasteiger partial charge >= 0.3 is 0 Å². The molecule has 0 atom stereocenters. The molecular weight excluding hydrogens is 347 g/mol. The van der Waals surface area contributed by atoms with Gasteiger partial charge < -0.3 is 0 Å². The van der Waals surface area contributed by atoms with Crippen molar-refractivity contribution in [2.45, 2.75) is 6.54 Å². The van der Waals surface area contributed by atoms with E-state index in [0.29, 0.717) is 22.8 Å². The van der Waals surface area contributed by atoms with E-state index >= 15 is 0 Å². The first kappa shape index (κ1) is 16.4. The van der Waals surface area contributed by atoms with Crippen molar-refractivity contribution in [1.82, 2.24) is 4.98 Å². The number of hydrogen-bond acceptors (Lipinski definition) is 3. The van der Waals surface area contributed by atoms with Crippen molar-refractivity contribution in [2.24, 2.45) is 0 Å². The van der Waals surface area contributed by atoms with Gasteiger partial charge in [0, 0.05) is 5.56 Å². The number of halogens is 1. The van der Waals surface area contributed by atoms with E-state index in [2.05, 4.69) is 4.98 Å². The van der Waals surface area contributed by atoms with E-state index in [1.165, 1.54) is 23.5 Å². The lowest BCUT2D eigenvalue weighted by Gasteiger charge is -2.20. The van der Waals surface area contributed by atoms with Crippen LogP contribution >= 0.6 is 11.3 Å². The number of carbonyl (C=O) groups excluding carboxylic acids is 1. The summed E-state index contributed by atoms with van der Waals surface area (Å²) in [6.45, 7) is 0.400. The second kappa shape index (κ2) is 7.06. The monoisotopic (exact) mass is 362 g/mol. The minimum Gasteiger partial charge on any atom is -0.279 e. The van der Waals surface area contributed by atoms with Gasteiger partial charge in [0.2, 0.25) is 0 Å². The molecular formula is C21H15FN2OS. The first-order valence-electron chi connectivity index (χ1n) is 8.17. The van der Waals surface area contributed by atoms with Crippen LogP contribution in [-0.4, -0.2) is 10.9 Å². The molecule has 4 rings (SSSR count). The van der Waals surface area contributed by atoms with Gasteiger partial charge in [0.05, 0.1) is 16.8 Å². The van der Waals surface area contributed by atoms with Gasteiger partial charge in [-0.3, -0.25) is 9.69 Å². The quantitative estimate of drug-likeness (QED) is 0.495. The fourth-order valence-corrected chi connectivity index (χ4v) is 3.72. The highest BCUT2D eigenvalue weighted by Gasteiger charge is 2.21. The van der Waals surface area contributed by atoms with Gasteiger partial charge in [-0.05, 0) is 35.9 Å². The van der Waals surface area contributed by atoms with Crippen LogP contribution in [0.1, 0.15) is 15.9 Å². The van der Waals surface area contributed by atoms with Crippen LogP contribution in [0.15, 0.2) is 78.9 Å². The van der Waals surface area contributed by atoms with Gasteiger partial charge in [-0.25, -0.2) is 9.37 Å². The maximum atomic E-state index is 13.5. The Hall–Kier alpha value is -3.05. The van der Waals surface area contributed by atoms with Gasteiger partial charge in [0.15, 0.2) is 5.13 Å². The average Bonchev–Trinajstić information content (AvgIpc) is 3.10. The number of thiazole rings is 1. The number of amides is 1. The Balaban J connectivity index is 1.77. The van der Waals surface area contributed by atoms with Gasteiger partial charge in [-0.1, -0.05) is 59.9 Å². The van der Waals surface area contributed by atoms with Crippen LogP contribution in [0, 0.1) is 5.82 Å². The highest BCUT2D eigenvalue weighted by atomic mass is 32.1. The summed E-state index contributed by atoms with van der Waals surface area (Å²) in [6, 6.07) is 23.3. The zero-order valence-corrected chi connectivity index (χ0v) is 14.6. The number of benzene rings is 3. The van der Waals surface area contributed by atoms with E-state index in [-0.39, 0.29) is 11.7 Å². The summed E-state index contributed by atoms with van der Waals surface area (Å²) in [6.07, 6.45) is 0. The molecule has 1 heterocycles. The molecule has 0 saturated carbocycles. The Bertz CT molecular complexity index is 1050. The van der Waals surface area contributed by atoms with Crippen LogP contribution in [0.5, 0.6) is 0 Å². The number of anilines is 1. The summed E-state index contributed by atoms with van der Waals surface area (Å²) in [5, 5.41) is 0.559. The van der Waals surface area contributed by atoms with Crippen molar-refractivity contribution in [3.63, 3.8) is 0 Å². The number of carbonyl (C=O) groups is 1. The third-order valence-corrected chi connectivity index (χ3v) is 5.06. The maximum absolute atomic E-state index is 13.5. The molecule has 0 aliphatic rings. The van der Waals surface area contributed by atoms with E-state index < -0.39 is 0 Å². The van der Waals surface area contributed by atoms with Crippen LogP contribution < -0.4 is 4.90 Å². The Morgan fingerprint density at radius 3 is 2.38 bits per heavy atom. The zero-order chi connectivity index (χ0) is 17.9. The Morgan fingerprint density at radius 1 is 0.962 bits per heavy atom. The molecule has 1 aromatic heterocycles. The van der Waals surface area contributed by atoms with Crippen LogP contribution in [0.25, 0.3) is 10.2 Å². The molecule has 0 aliphatic heterocycles. The first-order valence-corrected chi connectivity index (χ1v) is 8.99. The number of aromatic nitrogens is 1. The summed E-state index contributed by atoms with van der Waals surface area (Å²) >= 11 is 1.32. The molecule has 1 amide bonds.